The quantitative estimate of drug-likeness (QED) is 0.581. The number of aryl methyl sites for hydroxylation is 2. The Kier molecular flexibility index (Phi) is 6.85. The van der Waals surface area contributed by atoms with Crippen LogP contribution in [0.25, 0.3) is 11.4 Å². The van der Waals surface area contributed by atoms with E-state index < -0.39 is 0 Å². The summed E-state index contributed by atoms with van der Waals surface area (Å²) < 4.78 is 2.13. The van der Waals surface area contributed by atoms with E-state index >= 15 is 0 Å². The van der Waals surface area contributed by atoms with Gasteiger partial charge in [-0.15, -0.1) is 10.2 Å². The predicted octanol–water partition coefficient (Wildman–Crippen LogP) is 4.39. The highest BCUT2D eigenvalue weighted by molar-refractivity contribution is 6.33. The van der Waals surface area contributed by atoms with Crippen molar-refractivity contribution in [3.8, 4) is 11.4 Å². The number of rotatable bonds is 6. The van der Waals surface area contributed by atoms with Crippen molar-refractivity contribution in [3.63, 3.8) is 0 Å². The lowest BCUT2D eigenvalue weighted by Crippen LogP contribution is -2.28. The molecule has 0 atom stereocenters. The van der Waals surface area contributed by atoms with Gasteiger partial charge in [0.1, 0.15) is 5.82 Å². The minimum atomic E-state index is -0.191. The van der Waals surface area contributed by atoms with Gasteiger partial charge in [0.25, 0.3) is 5.91 Å². The lowest BCUT2D eigenvalue weighted by molar-refractivity contribution is -0.116. The van der Waals surface area contributed by atoms with Crippen molar-refractivity contribution in [3.05, 3.63) is 64.4 Å². The second kappa shape index (κ2) is 9.96. The number of carbonyl (C=O) groups excluding carboxylic acids is 2. The van der Waals surface area contributed by atoms with Gasteiger partial charge in [0.05, 0.1) is 5.02 Å². The second-order valence-corrected chi connectivity index (χ2v) is 8.37. The average Bonchev–Trinajstić information content (AvgIpc) is 3.02. The molecule has 0 bridgehead atoms. The Hall–Kier alpha value is -3.19. The van der Waals surface area contributed by atoms with E-state index in [2.05, 4.69) is 25.4 Å². The van der Waals surface area contributed by atoms with Crippen molar-refractivity contribution in [1.29, 1.82) is 0 Å². The van der Waals surface area contributed by atoms with Crippen molar-refractivity contribution in [2.75, 3.05) is 11.9 Å². The molecule has 4 rings (SSSR count). The number of benzene rings is 2. The zero-order valence-electron chi connectivity index (χ0n) is 18.0. The van der Waals surface area contributed by atoms with Crippen LogP contribution < -0.4 is 10.6 Å². The van der Waals surface area contributed by atoms with Crippen LogP contribution in [0.15, 0.2) is 42.5 Å². The Morgan fingerprint density at radius 3 is 2.78 bits per heavy atom. The molecule has 0 fully saturated rings. The van der Waals surface area contributed by atoms with Crippen molar-refractivity contribution < 1.29 is 9.59 Å². The van der Waals surface area contributed by atoms with Crippen LogP contribution in [0.3, 0.4) is 0 Å². The number of fused-ring (bicyclic) bond motifs is 1. The molecule has 0 saturated carbocycles. The molecule has 1 aliphatic heterocycles. The van der Waals surface area contributed by atoms with Crippen LogP contribution in [-0.2, 0) is 17.8 Å². The number of halogens is 1. The van der Waals surface area contributed by atoms with Crippen molar-refractivity contribution in [2.45, 2.75) is 45.6 Å². The Balaban J connectivity index is 1.39. The van der Waals surface area contributed by atoms with Crippen LogP contribution in [0.4, 0.5) is 5.69 Å². The SMILES string of the molecule is Cc1ccccc1C(=O)NCCC(=O)Nc1ccc(Cl)c(-c2nnc3n2CCCCC3)c1. The van der Waals surface area contributed by atoms with Crippen LogP contribution >= 0.6 is 11.6 Å². The number of hydrogen-bond acceptors (Lipinski definition) is 4. The third-order valence-corrected chi connectivity index (χ3v) is 5.96. The first-order valence-corrected chi connectivity index (χ1v) is 11.3. The predicted molar refractivity (Wildman–Crippen MR) is 125 cm³/mol. The summed E-state index contributed by atoms with van der Waals surface area (Å²) in [6, 6.07) is 12.7. The van der Waals surface area contributed by atoms with Gasteiger partial charge in [-0.2, -0.15) is 0 Å². The normalized spacial score (nSPS) is 13.2. The molecule has 2 aromatic carbocycles. The zero-order valence-corrected chi connectivity index (χ0v) is 18.8. The van der Waals surface area contributed by atoms with Gasteiger partial charge in [-0.1, -0.05) is 36.2 Å². The largest absolute Gasteiger partial charge is 0.352 e. The number of carbonyl (C=O) groups is 2. The van der Waals surface area contributed by atoms with Gasteiger partial charge in [-0.25, -0.2) is 0 Å². The van der Waals surface area contributed by atoms with Crippen molar-refractivity contribution in [2.24, 2.45) is 0 Å². The molecule has 1 aromatic heterocycles. The van der Waals surface area contributed by atoms with Crippen LogP contribution in [0, 0.1) is 6.92 Å². The van der Waals surface area contributed by atoms with Crippen LogP contribution in [0.5, 0.6) is 0 Å². The van der Waals surface area contributed by atoms with E-state index in [1.165, 1.54) is 6.42 Å². The molecule has 3 aromatic rings. The monoisotopic (exact) mass is 451 g/mol. The fourth-order valence-electron chi connectivity index (χ4n) is 3.89. The molecule has 1 aliphatic rings. The third-order valence-electron chi connectivity index (χ3n) is 5.63. The maximum absolute atomic E-state index is 12.4. The Morgan fingerprint density at radius 1 is 1.09 bits per heavy atom. The van der Waals surface area contributed by atoms with Gasteiger partial charge < -0.3 is 15.2 Å². The van der Waals surface area contributed by atoms with E-state index in [4.69, 9.17) is 11.6 Å². The molecule has 0 spiro atoms. The lowest BCUT2D eigenvalue weighted by Gasteiger charge is -2.11. The highest BCUT2D eigenvalue weighted by atomic mass is 35.5. The standard InChI is InChI=1S/C24H26ClN5O2/c1-16-7-4-5-8-18(16)24(32)26-13-12-22(31)27-17-10-11-20(25)19(15-17)23-29-28-21-9-3-2-6-14-30(21)23/h4-5,7-8,10-11,15H,2-3,6,9,12-14H2,1H3,(H,26,32)(H,27,31). The maximum Gasteiger partial charge on any atom is 0.251 e. The third kappa shape index (κ3) is 4.99. The number of anilines is 1. The molecule has 7 nitrogen and oxygen atoms in total. The lowest BCUT2D eigenvalue weighted by atomic mass is 10.1. The fourth-order valence-corrected chi connectivity index (χ4v) is 4.10. The van der Waals surface area contributed by atoms with E-state index in [9.17, 15) is 9.59 Å². The first-order valence-electron chi connectivity index (χ1n) is 10.9. The summed E-state index contributed by atoms with van der Waals surface area (Å²) in [5, 5.41) is 14.9. The smallest absolute Gasteiger partial charge is 0.251 e. The molecule has 32 heavy (non-hydrogen) atoms. The van der Waals surface area contributed by atoms with E-state index in [1.54, 1.807) is 18.2 Å². The van der Waals surface area contributed by atoms with E-state index in [1.807, 2.05) is 31.2 Å². The van der Waals surface area contributed by atoms with Crippen LogP contribution in [0.1, 0.15) is 47.4 Å². The second-order valence-electron chi connectivity index (χ2n) is 7.97. The summed E-state index contributed by atoms with van der Waals surface area (Å²) in [6.45, 7) is 3.00. The first kappa shape index (κ1) is 22.0. The van der Waals surface area contributed by atoms with Gasteiger partial charge in [0.2, 0.25) is 5.91 Å². The van der Waals surface area contributed by atoms with Crippen LogP contribution in [0.2, 0.25) is 5.02 Å². The summed E-state index contributed by atoms with van der Waals surface area (Å²) in [5.74, 6) is 1.33. The summed E-state index contributed by atoms with van der Waals surface area (Å²) in [7, 11) is 0. The van der Waals surface area contributed by atoms with Crippen LogP contribution in [-0.4, -0.2) is 33.1 Å². The molecule has 0 aliphatic carbocycles. The van der Waals surface area contributed by atoms with E-state index in [-0.39, 0.29) is 24.8 Å². The first-order chi connectivity index (χ1) is 15.5. The van der Waals surface area contributed by atoms with E-state index in [0.717, 1.165) is 48.6 Å². The van der Waals surface area contributed by atoms with Crippen molar-refractivity contribution >= 4 is 29.1 Å². The number of amides is 2. The molecule has 2 amide bonds. The van der Waals surface area contributed by atoms with Crippen molar-refractivity contribution in [1.82, 2.24) is 20.1 Å². The highest BCUT2D eigenvalue weighted by Crippen LogP contribution is 2.31. The molecule has 166 valence electrons. The molecular formula is C24H26ClN5O2. The summed E-state index contributed by atoms with van der Waals surface area (Å²) >= 11 is 6.46. The number of nitrogens with one attached hydrogen (secondary N) is 2. The molecule has 8 heteroatoms. The minimum Gasteiger partial charge on any atom is -0.352 e. The maximum atomic E-state index is 12.4. The van der Waals surface area contributed by atoms with Gasteiger partial charge in [-0.05, 0) is 49.6 Å². The topological polar surface area (TPSA) is 88.9 Å². The average molecular weight is 452 g/mol. The fraction of sp³-hybridized carbons (Fsp3) is 0.333. The van der Waals surface area contributed by atoms with Gasteiger partial charge in [0, 0.05) is 42.7 Å². The molecular weight excluding hydrogens is 426 g/mol. The molecule has 2 N–H and O–H groups in total. The minimum absolute atomic E-state index is 0.163. The number of nitrogens with zero attached hydrogens (tertiary/aromatic N) is 3. The van der Waals surface area contributed by atoms with Gasteiger partial charge in [-0.3, -0.25) is 9.59 Å². The summed E-state index contributed by atoms with van der Waals surface area (Å²) in [6.07, 6.45) is 4.45. The molecule has 0 unspecified atom stereocenters. The Labute approximate surface area is 192 Å². The van der Waals surface area contributed by atoms with E-state index in [0.29, 0.717) is 16.3 Å². The number of hydrogen-bond donors (Lipinski definition) is 2. The molecule has 0 radical (unpaired) electrons. The Bertz CT molecular complexity index is 1140. The number of aromatic nitrogens is 3. The van der Waals surface area contributed by atoms with Gasteiger partial charge >= 0.3 is 0 Å². The highest BCUT2D eigenvalue weighted by Gasteiger charge is 2.18. The summed E-state index contributed by atoms with van der Waals surface area (Å²) in [4.78, 5) is 24.7. The summed E-state index contributed by atoms with van der Waals surface area (Å²) in [5.41, 5.74) is 2.89. The molecule has 2 heterocycles. The molecule has 0 saturated heterocycles. The zero-order chi connectivity index (χ0) is 22.5. The van der Waals surface area contributed by atoms with Gasteiger partial charge in [0.15, 0.2) is 5.82 Å². The Morgan fingerprint density at radius 2 is 1.94 bits per heavy atom.